The molecule has 0 radical (unpaired) electrons. The van der Waals surface area contributed by atoms with Gasteiger partial charge in [0.1, 0.15) is 36.6 Å². The predicted molar refractivity (Wildman–Crippen MR) is 68.9 cm³/mol. The highest BCUT2D eigenvalue weighted by Crippen LogP contribution is 2.24. The summed E-state index contributed by atoms with van der Waals surface area (Å²) < 4.78 is 9.66. The minimum absolute atomic E-state index is 0.0412. The van der Waals surface area contributed by atoms with E-state index in [0.717, 1.165) is 6.92 Å². The van der Waals surface area contributed by atoms with Crippen LogP contribution in [0.15, 0.2) is 0 Å². The Morgan fingerprint density at radius 3 is 2.09 bits per heavy atom. The quantitative estimate of drug-likeness (QED) is 0.221. The van der Waals surface area contributed by atoms with Crippen LogP contribution in [0.4, 0.5) is 0 Å². The van der Waals surface area contributed by atoms with Crippen LogP contribution >= 0.6 is 0 Å². The van der Waals surface area contributed by atoms with Gasteiger partial charge >= 0.3 is 5.97 Å². The fourth-order valence-electron chi connectivity index (χ4n) is 1.99. The number of hydrogen-bond donors (Lipinski definition) is 7. The van der Waals surface area contributed by atoms with E-state index in [-0.39, 0.29) is 6.29 Å². The van der Waals surface area contributed by atoms with E-state index >= 15 is 0 Å². The molecule has 1 aliphatic rings. The molecule has 0 spiro atoms. The molecular formula is C12H20O11. The maximum atomic E-state index is 11.0. The van der Waals surface area contributed by atoms with Crippen LogP contribution in [0.3, 0.4) is 0 Å². The zero-order valence-corrected chi connectivity index (χ0v) is 12.0. The monoisotopic (exact) mass is 340 g/mol. The normalized spacial score (nSPS) is 36.7. The van der Waals surface area contributed by atoms with Crippen LogP contribution in [0.25, 0.3) is 0 Å². The fraction of sp³-hybridized carbons (Fsp3) is 0.833. The molecular weight excluding hydrogens is 320 g/mol. The van der Waals surface area contributed by atoms with Crippen molar-refractivity contribution in [3.63, 3.8) is 0 Å². The lowest BCUT2D eigenvalue weighted by Crippen LogP contribution is -2.61. The lowest BCUT2D eigenvalue weighted by molar-refractivity contribution is -0.308. The SMILES string of the molecule is C[C@H](O)[C@H](O)[C@@H](O)[C@H](C=O)O[C@H]1O[C@H](C(=O)O)[C@H](O)[C@H](O)[C@H]1O. The third kappa shape index (κ3) is 4.43. The Kier molecular flexibility index (Phi) is 6.98. The molecule has 1 rings (SSSR count). The molecule has 23 heavy (non-hydrogen) atoms. The molecule has 0 saturated carbocycles. The summed E-state index contributed by atoms with van der Waals surface area (Å²) >= 11 is 0. The number of aliphatic carboxylic acids is 1. The van der Waals surface area contributed by atoms with Crippen LogP contribution < -0.4 is 0 Å². The number of ether oxygens (including phenoxy) is 2. The third-order valence-corrected chi connectivity index (χ3v) is 3.42. The van der Waals surface area contributed by atoms with Gasteiger partial charge in [0, 0.05) is 0 Å². The number of carboxylic acid groups (broad SMARTS) is 1. The highest BCUT2D eigenvalue weighted by atomic mass is 16.7. The summed E-state index contributed by atoms with van der Waals surface area (Å²) in [7, 11) is 0. The van der Waals surface area contributed by atoms with Gasteiger partial charge in [-0.1, -0.05) is 0 Å². The summed E-state index contributed by atoms with van der Waals surface area (Å²) in [5.41, 5.74) is 0. The Hall–Kier alpha value is -1.18. The van der Waals surface area contributed by atoms with Crippen molar-refractivity contribution in [2.45, 2.75) is 62.0 Å². The van der Waals surface area contributed by atoms with Crippen LogP contribution in [0.2, 0.25) is 0 Å². The summed E-state index contributed by atoms with van der Waals surface area (Å²) in [5.74, 6) is -1.65. The first-order chi connectivity index (χ1) is 10.6. The minimum atomic E-state index is -1.94. The van der Waals surface area contributed by atoms with E-state index in [2.05, 4.69) is 0 Å². The van der Waals surface area contributed by atoms with Crippen molar-refractivity contribution in [3.8, 4) is 0 Å². The number of aliphatic hydroxyl groups is 6. The molecule has 1 heterocycles. The molecule has 11 heteroatoms. The molecule has 0 aromatic carbocycles. The lowest BCUT2D eigenvalue weighted by Gasteiger charge is -2.40. The maximum Gasteiger partial charge on any atom is 0.335 e. The van der Waals surface area contributed by atoms with Crippen molar-refractivity contribution in [2.24, 2.45) is 0 Å². The van der Waals surface area contributed by atoms with E-state index in [9.17, 15) is 40.2 Å². The van der Waals surface area contributed by atoms with E-state index in [1.54, 1.807) is 0 Å². The highest BCUT2D eigenvalue weighted by Gasteiger charge is 2.48. The second-order valence-electron chi connectivity index (χ2n) is 5.19. The van der Waals surface area contributed by atoms with Crippen LogP contribution in [0.1, 0.15) is 6.92 Å². The Morgan fingerprint density at radius 1 is 1.09 bits per heavy atom. The molecule has 1 aliphatic heterocycles. The maximum absolute atomic E-state index is 11.0. The predicted octanol–water partition coefficient (Wildman–Crippen LogP) is -4.43. The van der Waals surface area contributed by atoms with Gasteiger partial charge in [-0.25, -0.2) is 4.79 Å². The lowest BCUT2D eigenvalue weighted by atomic mass is 9.98. The van der Waals surface area contributed by atoms with Gasteiger partial charge in [0.15, 0.2) is 18.7 Å². The van der Waals surface area contributed by atoms with E-state index in [1.807, 2.05) is 0 Å². The first kappa shape index (κ1) is 19.9. The molecule has 9 atom stereocenters. The number of carbonyl (C=O) groups excluding carboxylic acids is 1. The van der Waals surface area contributed by atoms with Crippen molar-refractivity contribution < 1.29 is 54.8 Å². The molecule has 0 unspecified atom stereocenters. The zero-order chi connectivity index (χ0) is 17.9. The van der Waals surface area contributed by atoms with Crippen molar-refractivity contribution in [1.82, 2.24) is 0 Å². The summed E-state index contributed by atoms with van der Waals surface area (Å²) in [6.45, 7) is 1.14. The highest BCUT2D eigenvalue weighted by molar-refractivity contribution is 5.73. The summed E-state index contributed by atoms with van der Waals surface area (Å²) in [5, 5.41) is 66.1. The molecule has 1 saturated heterocycles. The molecule has 1 fully saturated rings. The molecule has 7 N–H and O–H groups in total. The Morgan fingerprint density at radius 2 is 1.65 bits per heavy atom. The first-order valence-corrected chi connectivity index (χ1v) is 6.69. The standard InChI is InChI=1S/C12H20O11/c1-3(14)5(15)6(16)4(2-13)22-12-9(19)7(17)8(18)10(23-12)11(20)21/h2-10,12,14-19H,1H3,(H,20,21)/t3-,4-,5-,6-,7-,8+,9+,10-,12-/m0/s1. The molecule has 0 aromatic heterocycles. The van der Waals surface area contributed by atoms with Gasteiger partial charge in [0.2, 0.25) is 0 Å². The molecule has 0 aliphatic carbocycles. The largest absolute Gasteiger partial charge is 0.479 e. The van der Waals surface area contributed by atoms with Gasteiger partial charge in [-0.15, -0.1) is 0 Å². The minimum Gasteiger partial charge on any atom is -0.479 e. The van der Waals surface area contributed by atoms with Crippen molar-refractivity contribution >= 4 is 12.3 Å². The second kappa shape index (κ2) is 8.08. The molecule has 134 valence electrons. The Balaban J connectivity index is 2.87. The number of aliphatic hydroxyl groups excluding tert-OH is 6. The second-order valence-corrected chi connectivity index (χ2v) is 5.19. The smallest absolute Gasteiger partial charge is 0.335 e. The average molecular weight is 340 g/mol. The topological polar surface area (TPSA) is 194 Å². The number of carboxylic acids is 1. The number of rotatable bonds is 7. The Bertz CT molecular complexity index is 414. The van der Waals surface area contributed by atoms with Gasteiger partial charge in [-0.05, 0) is 6.92 Å². The van der Waals surface area contributed by atoms with Crippen LogP contribution in [-0.2, 0) is 19.1 Å². The summed E-state index contributed by atoms with van der Waals surface area (Å²) in [6.07, 6.45) is -16.5. The van der Waals surface area contributed by atoms with Gasteiger partial charge in [-0.3, -0.25) is 0 Å². The number of aldehydes is 1. The summed E-state index contributed by atoms with van der Waals surface area (Å²) in [6, 6.07) is 0. The fourth-order valence-corrected chi connectivity index (χ4v) is 1.99. The molecule has 0 aromatic rings. The summed E-state index contributed by atoms with van der Waals surface area (Å²) in [4.78, 5) is 21.9. The average Bonchev–Trinajstić information content (AvgIpc) is 2.50. The number of hydrogen-bond acceptors (Lipinski definition) is 10. The van der Waals surface area contributed by atoms with Crippen molar-refractivity contribution in [2.75, 3.05) is 0 Å². The third-order valence-electron chi connectivity index (χ3n) is 3.42. The van der Waals surface area contributed by atoms with Crippen molar-refractivity contribution in [3.05, 3.63) is 0 Å². The van der Waals surface area contributed by atoms with E-state index in [0.29, 0.717) is 0 Å². The molecule has 0 amide bonds. The van der Waals surface area contributed by atoms with Gasteiger partial charge < -0.3 is 50.0 Å². The first-order valence-electron chi connectivity index (χ1n) is 6.69. The van der Waals surface area contributed by atoms with Crippen LogP contribution in [0, 0.1) is 0 Å². The van der Waals surface area contributed by atoms with Gasteiger partial charge in [0.05, 0.1) is 6.10 Å². The Labute approximate surface area is 130 Å². The van der Waals surface area contributed by atoms with Gasteiger partial charge in [-0.2, -0.15) is 0 Å². The van der Waals surface area contributed by atoms with E-state index < -0.39 is 61.1 Å². The van der Waals surface area contributed by atoms with Crippen LogP contribution in [-0.4, -0.2) is 103 Å². The van der Waals surface area contributed by atoms with E-state index in [1.165, 1.54) is 0 Å². The molecule has 11 nitrogen and oxygen atoms in total. The zero-order valence-electron chi connectivity index (χ0n) is 12.0. The van der Waals surface area contributed by atoms with Crippen molar-refractivity contribution in [1.29, 1.82) is 0 Å². The van der Waals surface area contributed by atoms with E-state index in [4.69, 9.17) is 14.6 Å². The number of carbonyl (C=O) groups is 2. The molecule has 0 bridgehead atoms. The van der Waals surface area contributed by atoms with Gasteiger partial charge in [0.25, 0.3) is 0 Å². The van der Waals surface area contributed by atoms with Crippen LogP contribution in [0.5, 0.6) is 0 Å².